The lowest BCUT2D eigenvalue weighted by atomic mass is 10.2. The standard InChI is InChI=1S/C15H21N5O3/c1-18-6-7-20(10-12(18)15(22)23)13-9-16-8-11(17-13)14(21)19-4-2-3-5-19/h8-9,12H,2-7,10H2,1H3,(H,22,23)/t12-/m1/s1. The fourth-order valence-electron chi connectivity index (χ4n) is 3.04. The van der Waals surface area contributed by atoms with Crippen molar-refractivity contribution in [3.63, 3.8) is 0 Å². The smallest absolute Gasteiger partial charge is 0.322 e. The number of nitrogens with zero attached hydrogens (tertiary/aromatic N) is 5. The molecular weight excluding hydrogens is 298 g/mol. The number of carbonyl (C=O) groups excluding carboxylic acids is 1. The van der Waals surface area contributed by atoms with Crippen LogP contribution in [-0.4, -0.2) is 82.6 Å². The molecule has 2 aliphatic rings. The van der Waals surface area contributed by atoms with Gasteiger partial charge in [-0.05, 0) is 19.9 Å². The molecule has 0 unspecified atom stereocenters. The van der Waals surface area contributed by atoms with E-state index >= 15 is 0 Å². The molecule has 0 radical (unpaired) electrons. The van der Waals surface area contributed by atoms with Crippen molar-refractivity contribution < 1.29 is 14.7 Å². The molecule has 2 aliphatic heterocycles. The lowest BCUT2D eigenvalue weighted by Crippen LogP contribution is -2.55. The van der Waals surface area contributed by atoms with Crippen LogP contribution in [0.15, 0.2) is 12.4 Å². The SMILES string of the molecule is CN1CCN(c2cncc(C(=O)N3CCCC3)n2)C[C@@H]1C(=O)O. The first-order valence-electron chi connectivity index (χ1n) is 7.85. The molecule has 1 amide bonds. The van der Waals surface area contributed by atoms with Crippen molar-refractivity contribution >= 4 is 17.7 Å². The van der Waals surface area contributed by atoms with E-state index in [1.54, 1.807) is 18.1 Å². The van der Waals surface area contributed by atoms with Gasteiger partial charge < -0.3 is 14.9 Å². The van der Waals surface area contributed by atoms with E-state index in [0.717, 1.165) is 25.9 Å². The van der Waals surface area contributed by atoms with Gasteiger partial charge in [-0.3, -0.25) is 19.5 Å². The minimum absolute atomic E-state index is 0.0965. The Morgan fingerprint density at radius 3 is 2.61 bits per heavy atom. The lowest BCUT2D eigenvalue weighted by molar-refractivity contribution is -0.142. The second kappa shape index (κ2) is 6.49. The van der Waals surface area contributed by atoms with Crippen molar-refractivity contribution in [2.45, 2.75) is 18.9 Å². The van der Waals surface area contributed by atoms with Gasteiger partial charge in [0.15, 0.2) is 0 Å². The molecule has 0 spiro atoms. The zero-order chi connectivity index (χ0) is 16.4. The number of carboxylic acids is 1. The predicted molar refractivity (Wildman–Crippen MR) is 83.4 cm³/mol. The van der Waals surface area contributed by atoms with Crippen molar-refractivity contribution in [2.24, 2.45) is 0 Å². The quantitative estimate of drug-likeness (QED) is 0.833. The number of carbonyl (C=O) groups is 2. The van der Waals surface area contributed by atoms with Gasteiger partial charge in [0.05, 0.1) is 12.4 Å². The Kier molecular flexibility index (Phi) is 4.42. The number of hydrogen-bond donors (Lipinski definition) is 1. The summed E-state index contributed by atoms with van der Waals surface area (Å²) in [4.78, 5) is 37.8. The molecule has 2 fully saturated rings. The van der Waals surface area contributed by atoms with Gasteiger partial charge in [-0.2, -0.15) is 0 Å². The Morgan fingerprint density at radius 2 is 1.91 bits per heavy atom. The molecule has 0 bridgehead atoms. The molecule has 1 N–H and O–H groups in total. The van der Waals surface area contributed by atoms with E-state index in [1.165, 1.54) is 6.20 Å². The van der Waals surface area contributed by atoms with Gasteiger partial charge in [0.25, 0.3) is 5.91 Å². The number of aromatic nitrogens is 2. The topological polar surface area (TPSA) is 89.9 Å². The summed E-state index contributed by atoms with van der Waals surface area (Å²) < 4.78 is 0. The van der Waals surface area contributed by atoms with Crippen LogP contribution in [0.5, 0.6) is 0 Å². The molecule has 3 rings (SSSR count). The largest absolute Gasteiger partial charge is 0.480 e. The third kappa shape index (κ3) is 3.26. The van der Waals surface area contributed by atoms with Crippen LogP contribution in [0.25, 0.3) is 0 Å². The number of rotatable bonds is 3. The Bertz CT molecular complexity index is 603. The summed E-state index contributed by atoms with van der Waals surface area (Å²) in [6.07, 6.45) is 5.12. The average molecular weight is 319 g/mol. The van der Waals surface area contributed by atoms with Crippen LogP contribution in [0.3, 0.4) is 0 Å². The Morgan fingerprint density at radius 1 is 1.17 bits per heavy atom. The average Bonchev–Trinajstić information content (AvgIpc) is 3.09. The van der Waals surface area contributed by atoms with Gasteiger partial charge in [0.2, 0.25) is 0 Å². The predicted octanol–water partition coefficient (Wildman–Crippen LogP) is -0.0824. The summed E-state index contributed by atoms with van der Waals surface area (Å²) in [7, 11) is 1.80. The minimum atomic E-state index is -0.852. The highest BCUT2D eigenvalue weighted by Crippen LogP contribution is 2.17. The summed E-state index contributed by atoms with van der Waals surface area (Å²) >= 11 is 0. The molecule has 8 heteroatoms. The number of hydrogen-bond acceptors (Lipinski definition) is 6. The number of anilines is 1. The summed E-state index contributed by atoms with van der Waals surface area (Å²) in [6.45, 7) is 3.15. The highest BCUT2D eigenvalue weighted by Gasteiger charge is 2.31. The van der Waals surface area contributed by atoms with Crippen molar-refractivity contribution in [1.29, 1.82) is 0 Å². The van der Waals surface area contributed by atoms with Crippen molar-refractivity contribution in [3.05, 3.63) is 18.1 Å². The molecule has 3 heterocycles. The normalized spacial score (nSPS) is 22.4. The zero-order valence-electron chi connectivity index (χ0n) is 13.2. The second-order valence-electron chi connectivity index (χ2n) is 6.04. The highest BCUT2D eigenvalue weighted by molar-refractivity contribution is 5.92. The van der Waals surface area contributed by atoms with Gasteiger partial charge in [-0.25, -0.2) is 4.98 Å². The van der Waals surface area contributed by atoms with Crippen molar-refractivity contribution in [1.82, 2.24) is 19.8 Å². The molecule has 0 aliphatic carbocycles. The van der Waals surface area contributed by atoms with E-state index in [-0.39, 0.29) is 5.91 Å². The molecule has 1 atom stereocenters. The molecule has 124 valence electrons. The first-order chi connectivity index (χ1) is 11.1. The van der Waals surface area contributed by atoms with E-state index in [1.807, 2.05) is 9.80 Å². The first kappa shape index (κ1) is 15.7. The molecule has 0 saturated carbocycles. The molecule has 0 aromatic carbocycles. The number of piperazine rings is 1. The van der Waals surface area contributed by atoms with Crippen LogP contribution in [0.4, 0.5) is 5.82 Å². The number of likely N-dealkylation sites (tertiary alicyclic amines) is 1. The van der Waals surface area contributed by atoms with E-state index in [0.29, 0.717) is 31.1 Å². The zero-order valence-corrected chi connectivity index (χ0v) is 13.2. The van der Waals surface area contributed by atoms with Gasteiger partial charge in [-0.1, -0.05) is 0 Å². The summed E-state index contributed by atoms with van der Waals surface area (Å²) in [5.74, 6) is -0.385. The molecule has 2 saturated heterocycles. The van der Waals surface area contributed by atoms with Crippen LogP contribution < -0.4 is 4.90 Å². The van der Waals surface area contributed by atoms with Gasteiger partial charge in [-0.15, -0.1) is 0 Å². The lowest BCUT2D eigenvalue weighted by Gasteiger charge is -2.37. The second-order valence-corrected chi connectivity index (χ2v) is 6.04. The first-order valence-corrected chi connectivity index (χ1v) is 7.85. The van der Waals surface area contributed by atoms with Gasteiger partial charge in [0, 0.05) is 32.7 Å². The Balaban J connectivity index is 1.76. The molecule has 8 nitrogen and oxygen atoms in total. The summed E-state index contributed by atoms with van der Waals surface area (Å²) in [6, 6.07) is -0.580. The molecule has 23 heavy (non-hydrogen) atoms. The Hall–Kier alpha value is -2.22. The maximum atomic E-state index is 12.4. The van der Waals surface area contributed by atoms with E-state index in [2.05, 4.69) is 9.97 Å². The number of likely N-dealkylation sites (N-methyl/N-ethyl adjacent to an activating group) is 1. The number of carboxylic acid groups (broad SMARTS) is 1. The monoisotopic (exact) mass is 319 g/mol. The molecular formula is C15H21N5O3. The maximum absolute atomic E-state index is 12.4. The van der Waals surface area contributed by atoms with E-state index < -0.39 is 12.0 Å². The fourth-order valence-corrected chi connectivity index (χ4v) is 3.04. The molecule has 1 aromatic heterocycles. The summed E-state index contributed by atoms with van der Waals surface area (Å²) in [5, 5.41) is 9.29. The molecule has 1 aromatic rings. The third-order valence-electron chi connectivity index (χ3n) is 4.49. The van der Waals surface area contributed by atoms with Crippen LogP contribution >= 0.6 is 0 Å². The number of amides is 1. The van der Waals surface area contributed by atoms with E-state index in [4.69, 9.17) is 0 Å². The van der Waals surface area contributed by atoms with Gasteiger partial charge >= 0.3 is 5.97 Å². The minimum Gasteiger partial charge on any atom is -0.480 e. The third-order valence-corrected chi connectivity index (χ3v) is 4.49. The van der Waals surface area contributed by atoms with Crippen molar-refractivity contribution in [2.75, 3.05) is 44.7 Å². The van der Waals surface area contributed by atoms with Crippen LogP contribution in [-0.2, 0) is 4.79 Å². The Labute approximate surface area is 134 Å². The maximum Gasteiger partial charge on any atom is 0.322 e. The van der Waals surface area contributed by atoms with Crippen LogP contribution in [0, 0.1) is 0 Å². The van der Waals surface area contributed by atoms with Crippen LogP contribution in [0.2, 0.25) is 0 Å². The summed E-state index contributed by atoms with van der Waals surface area (Å²) in [5.41, 5.74) is 0.329. The van der Waals surface area contributed by atoms with Crippen molar-refractivity contribution in [3.8, 4) is 0 Å². The number of aliphatic carboxylic acids is 1. The van der Waals surface area contributed by atoms with E-state index in [9.17, 15) is 14.7 Å². The van der Waals surface area contributed by atoms with Crippen LogP contribution in [0.1, 0.15) is 23.3 Å². The fraction of sp³-hybridized carbons (Fsp3) is 0.600. The highest BCUT2D eigenvalue weighted by atomic mass is 16.4. The van der Waals surface area contributed by atoms with Gasteiger partial charge in [0.1, 0.15) is 17.6 Å².